The molecule has 0 aliphatic heterocycles. The van der Waals surface area contributed by atoms with Gasteiger partial charge in [-0.05, 0) is 115 Å². The minimum absolute atomic E-state index is 0.0493. The van der Waals surface area contributed by atoms with E-state index in [0.29, 0.717) is 5.41 Å². The van der Waals surface area contributed by atoms with Crippen molar-refractivity contribution in [3.8, 4) is 0 Å². The Kier molecular flexibility index (Phi) is 11.8. The maximum absolute atomic E-state index is 7.09. The van der Waals surface area contributed by atoms with E-state index in [0.717, 1.165) is 36.5 Å². The summed E-state index contributed by atoms with van der Waals surface area (Å²) in [5.74, 6) is 3.28. The third-order valence-electron chi connectivity index (χ3n) is 12.9. The molecular weight excluding hydrogens is 557 g/mol. The topological polar surface area (TPSA) is 18.5 Å². The van der Waals surface area contributed by atoms with Crippen LogP contribution in [0.2, 0.25) is 36.3 Å². The van der Waals surface area contributed by atoms with Crippen LogP contribution >= 0.6 is 0 Å². The van der Waals surface area contributed by atoms with Crippen molar-refractivity contribution >= 4 is 16.6 Å². The van der Waals surface area contributed by atoms with Crippen molar-refractivity contribution in [3.63, 3.8) is 0 Å². The Bertz CT molecular complexity index is 1020. The second-order valence-corrected chi connectivity index (χ2v) is 28.2. The number of allylic oxidation sites excluding steroid dienone is 3. The first-order valence-electron chi connectivity index (χ1n) is 18.0. The molecule has 0 saturated heterocycles. The fraction of sp³-hybridized carbons (Fsp3) is 0.846. The maximum Gasteiger partial charge on any atom is 0.192 e. The van der Waals surface area contributed by atoms with Gasteiger partial charge in [0.2, 0.25) is 0 Å². The van der Waals surface area contributed by atoms with E-state index in [1.165, 1.54) is 62.5 Å². The van der Waals surface area contributed by atoms with Crippen molar-refractivity contribution in [2.24, 2.45) is 29.1 Å². The van der Waals surface area contributed by atoms with Crippen molar-refractivity contribution in [1.82, 2.24) is 0 Å². The zero-order chi connectivity index (χ0) is 32.6. The van der Waals surface area contributed by atoms with Gasteiger partial charge >= 0.3 is 0 Å². The van der Waals surface area contributed by atoms with Crippen molar-refractivity contribution < 1.29 is 8.85 Å². The summed E-state index contributed by atoms with van der Waals surface area (Å²) in [7, 11) is -3.86. The number of hydrogen-bond donors (Lipinski definition) is 0. The van der Waals surface area contributed by atoms with Crippen LogP contribution in [0.1, 0.15) is 133 Å². The molecule has 0 spiro atoms. The Balaban J connectivity index is 1.87. The highest BCUT2D eigenvalue weighted by Gasteiger charge is 2.50. The molecule has 3 aliphatic carbocycles. The minimum atomic E-state index is -1.95. The molecule has 3 aliphatic rings. The van der Waals surface area contributed by atoms with E-state index in [2.05, 4.69) is 108 Å². The van der Waals surface area contributed by atoms with Crippen molar-refractivity contribution in [2.45, 2.75) is 182 Å². The van der Waals surface area contributed by atoms with Crippen LogP contribution in [0.15, 0.2) is 35.5 Å². The molecule has 0 aromatic carbocycles. The van der Waals surface area contributed by atoms with E-state index >= 15 is 0 Å². The highest BCUT2D eigenvalue weighted by atomic mass is 28.4. The van der Waals surface area contributed by atoms with Gasteiger partial charge < -0.3 is 8.85 Å². The summed E-state index contributed by atoms with van der Waals surface area (Å²) < 4.78 is 14.2. The van der Waals surface area contributed by atoms with Gasteiger partial charge in [-0.3, -0.25) is 0 Å². The summed E-state index contributed by atoms with van der Waals surface area (Å²) >= 11 is 0. The van der Waals surface area contributed by atoms with Gasteiger partial charge in [-0.1, -0.05) is 113 Å². The lowest BCUT2D eigenvalue weighted by molar-refractivity contribution is 0.0927. The summed E-state index contributed by atoms with van der Waals surface area (Å²) in [6.45, 7) is 38.3. The van der Waals surface area contributed by atoms with Crippen LogP contribution in [0.25, 0.3) is 0 Å². The molecule has 0 N–H and O–H groups in total. The quantitative estimate of drug-likeness (QED) is 0.224. The lowest BCUT2D eigenvalue weighted by atomic mass is 9.60. The van der Waals surface area contributed by atoms with Gasteiger partial charge in [0, 0.05) is 6.42 Å². The summed E-state index contributed by atoms with van der Waals surface area (Å²) in [5, 5.41) is 0.366. The van der Waals surface area contributed by atoms with Crippen molar-refractivity contribution in [2.75, 3.05) is 0 Å². The molecule has 0 unspecified atom stereocenters. The lowest BCUT2D eigenvalue weighted by Gasteiger charge is -2.46. The minimum Gasteiger partial charge on any atom is -0.413 e. The van der Waals surface area contributed by atoms with Gasteiger partial charge in [0.15, 0.2) is 16.6 Å². The van der Waals surface area contributed by atoms with E-state index in [1.807, 2.05) is 0 Å². The van der Waals surface area contributed by atoms with E-state index in [4.69, 9.17) is 15.4 Å². The third-order valence-corrected chi connectivity index (χ3v) is 21.9. The summed E-state index contributed by atoms with van der Waals surface area (Å²) in [4.78, 5) is 0. The first kappa shape index (κ1) is 37.0. The molecular formula is C39H72O2Si2. The highest BCUT2D eigenvalue weighted by molar-refractivity contribution is 6.74. The van der Waals surface area contributed by atoms with E-state index in [1.54, 1.807) is 5.57 Å². The maximum atomic E-state index is 7.09. The first-order chi connectivity index (χ1) is 19.6. The molecule has 43 heavy (non-hydrogen) atoms. The Hall–Kier alpha value is -0.426. The fourth-order valence-corrected chi connectivity index (χ4v) is 10.7. The Labute approximate surface area is 271 Å². The van der Waals surface area contributed by atoms with E-state index in [9.17, 15) is 0 Å². The van der Waals surface area contributed by atoms with Crippen LogP contribution in [-0.4, -0.2) is 28.8 Å². The van der Waals surface area contributed by atoms with E-state index < -0.39 is 16.6 Å². The molecule has 0 heterocycles. The van der Waals surface area contributed by atoms with Gasteiger partial charge in [-0.2, -0.15) is 0 Å². The number of fused-ring (bicyclic) bond motifs is 1. The molecule has 3 saturated carbocycles. The SMILES string of the molecule is C=C1/C(=C/C=C2\CCC[C@]3(C)[C@@H]([C@H](C)CCCC(C)C)CC[C@@H]23)C[C@@H](O[Si](C)(C)C(C)(C)C)C[C@@H]1O[Si](C)(C)C(C)(C)C. The Morgan fingerprint density at radius 3 is 2.09 bits per heavy atom. The normalized spacial score (nSPS) is 32.1. The van der Waals surface area contributed by atoms with Crippen LogP contribution in [-0.2, 0) is 8.85 Å². The molecule has 0 bridgehead atoms. The number of hydrogen-bond acceptors (Lipinski definition) is 2. The average molecular weight is 629 g/mol. The molecule has 0 radical (unpaired) electrons. The Morgan fingerprint density at radius 2 is 1.51 bits per heavy atom. The zero-order valence-corrected chi connectivity index (χ0v) is 33.2. The van der Waals surface area contributed by atoms with Crippen LogP contribution < -0.4 is 0 Å². The second kappa shape index (κ2) is 13.7. The average Bonchev–Trinajstić information content (AvgIpc) is 3.20. The van der Waals surface area contributed by atoms with Crippen LogP contribution in [0.4, 0.5) is 0 Å². The molecule has 3 rings (SSSR count). The van der Waals surface area contributed by atoms with Gasteiger partial charge in [0.05, 0.1) is 12.2 Å². The van der Waals surface area contributed by atoms with E-state index in [-0.39, 0.29) is 22.3 Å². The predicted octanol–water partition coefficient (Wildman–Crippen LogP) is 12.6. The number of rotatable bonds is 10. The van der Waals surface area contributed by atoms with Crippen molar-refractivity contribution in [3.05, 3.63) is 35.5 Å². The van der Waals surface area contributed by atoms with Crippen LogP contribution in [0, 0.1) is 29.1 Å². The smallest absolute Gasteiger partial charge is 0.192 e. The summed E-state index contributed by atoms with van der Waals surface area (Å²) in [6.07, 6.45) is 18.1. The fourth-order valence-electron chi connectivity index (χ4n) is 8.03. The predicted molar refractivity (Wildman–Crippen MR) is 195 cm³/mol. The zero-order valence-electron chi connectivity index (χ0n) is 31.2. The highest BCUT2D eigenvalue weighted by Crippen LogP contribution is 2.60. The first-order valence-corrected chi connectivity index (χ1v) is 23.8. The van der Waals surface area contributed by atoms with Gasteiger partial charge in [-0.25, -0.2) is 0 Å². The molecule has 3 fully saturated rings. The van der Waals surface area contributed by atoms with Crippen molar-refractivity contribution in [1.29, 1.82) is 0 Å². The molecule has 0 amide bonds. The lowest BCUT2D eigenvalue weighted by Crippen LogP contribution is -2.49. The third kappa shape index (κ3) is 8.69. The van der Waals surface area contributed by atoms with Gasteiger partial charge in [0.25, 0.3) is 0 Å². The van der Waals surface area contributed by atoms with Gasteiger partial charge in [-0.15, -0.1) is 0 Å². The monoisotopic (exact) mass is 629 g/mol. The van der Waals surface area contributed by atoms with Crippen LogP contribution in [0.5, 0.6) is 0 Å². The standard InChI is InChI=1S/C39H72O2Si2/c1-28(2)18-16-19-29(3)34-23-24-35-31(20-17-25-39(34,35)11)21-22-32-26-33(40-42(12,13)37(5,6)7)27-36(30(32)4)41-43(14,15)38(8,9)10/h21-22,28-29,33-36H,4,16-20,23-27H2,1-3,5-15H3/b31-21+,32-22+/t29-,33-,34-,35+,36+,39-/m1/s1. The molecule has 0 aromatic heterocycles. The molecule has 0 aromatic rings. The second-order valence-electron chi connectivity index (χ2n) is 18.7. The Morgan fingerprint density at radius 1 is 0.907 bits per heavy atom. The van der Waals surface area contributed by atoms with Gasteiger partial charge in [0.1, 0.15) is 0 Å². The largest absolute Gasteiger partial charge is 0.413 e. The molecule has 6 atom stereocenters. The molecule has 4 heteroatoms. The summed E-state index contributed by atoms with van der Waals surface area (Å²) in [5.41, 5.74) is 4.75. The molecule has 248 valence electrons. The summed E-state index contributed by atoms with van der Waals surface area (Å²) in [6, 6.07) is 0. The molecule has 2 nitrogen and oxygen atoms in total. The van der Waals surface area contributed by atoms with Crippen LogP contribution in [0.3, 0.4) is 0 Å².